The number of carbonyl (C=O) groups is 2. The third-order valence-electron chi connectivity index (χ3n) is 4.44. The molecule has 0 radical (unpaired) electrons. The molecule has 9 heteroatoms. The van der Waals surface area contributed by atoms with E-state index >= 15 is 0 Å². The van der Waals surface area contributed by atoms with Crippen molar-refractivity contribution in [3.63, 3.8) is 0 Å². The number of carbonyl (C=O) groups excluding carboxylic acids is 2. The molecule has 2 N–H and O–H groups in total. The lowest BCUT2D eigenvalue weighted by molar-refractivity contribution is 0.0493. The Morgan fingerprint density at radius 1 is 1.20 bits per heavy atom. The SMILES string of the molecule is COC(=O)c1c(NCC(NC(=O)OC(C)(C)C)C(C)C)c2cc(OC)ccc2[s+]1[O-]. The van der Waals surface area contributed by atoms with Crippen LogP contribution in [0.5, 0.6) is 5.75 Å². The van der Waals surface area contributed by atoms with Crippen LogP contribution in [0, 0.1) is 5.92 Å². The molecule has 0 aliphatic rings. The first-order chi connectivity index (χ1) is 14.0. The Bertz CT molecular complexity index is 916. The van der Waals surface area contributed by atoms with Crippen LogP contribution in [-0.2, 0) is 9.47 Å². The zero-order chi connectivity index (χ0) is 22.6. The molecule has 0 spiro atoms. The first-order valence-electron chi connectivity index (χ1n) is 9.64. The molecule has 2 rings (SSSR count). The lowest BCUT2D eigenvalue weighted by Crippen LogP contribution is -2.45. The number of ether oxygens (including phenoxy) is 3. The van der Waals surface area contributed by atoms with E-state index in [0.29, 0.717) is 28.1 Å². The van der Waals surface area contributed by atoms with Gasteiger partial charge in [-0.05, 0) is 49.6 Å². The lowest BCUT2D eigenvalue weighted by atomic mass is 10.0. The number of thiophene rings is 1. The van der Waals surface area contributed by atoms with Crippen molar-refractivity contribution in [3.8, 4) is 5.75 Å². The van der Waals surface area contributed by atoms with Crippen LogP contribution < -0.4 is 15.4 Å². The van der Waals surface area contributed by atoms with Crippen molar-refractivity contribution >= 4 is 38.6 Å². The highest BCUT2D eigenvalue weighted by atomic mass is 32.2. The Morgan fingerprint density at radius 3 is 2.40 bits per heavy atom. The van der Waals surface area contributed by atoms with E-state index in [1.165, 1.54) is 14.2 Å². The molecule has 2 aromatic rings. The Balaban J connectivity index is 2.36. The molecule has 0 bridgehead atoms. The van der Waals surface area contributed by atoms with Crippen LogP contribution in [0.15, 0.2) is 18.2 Å². The molecule has 30 heavy (non-hydrogen) atoms. The van der Waals surface area contributed by atoms with Crippen LogP contribution in [0.2, 0.25) is 0 Å². The third-order valence-corrected chi connectivity index (χ3v) is 5.94. The first-order valence-corrected chi connectivity index (χ1v) is 10.8. The molecule has 8 nitrogen and oxygen atoms in total. The molecule has 0 aliphatic carbocycles. The minimum atomic E-state index is -1.68. The zero-order valence-corrected chi connectivity index (χ0v) is 19.3. The van der Waals surface area contributed by atoms with Crippen LogP contribution in [0.1, 0.15) is 44.3 Å². The normalized spacial score (nSPS) is 13.2. The van der Waals surface area contributed by atoms with E-state index < -0.39 is 28.4 Å². The Kier molecular flexibility index (Phi) is 7.54. The van der Waals surface area contributed by atoms with Crippen molar-refractivity contribution in [3.05, 3.63) is 23.1 Å². The molecule has 0 aliphatic heterocycles. The highest BCUT2D eigenvalue weighted by Crippen LogP contribution is 2.43. The van der Waals surface area contributed by atoms with Crippen molar-refractivity contribution in [2.75, 3.05) is 26.1 Å². The number of hydrogen-bond acceptors (Lipinski definition) is 7. The second-order valence-electron chi connectivity index (χ2n) is 8.20. The number of benzene rings is 1. The molecule has 2 atom stereocenters. The maximum Gasteiger partial charge on any atom is 0.407 e. The number of rotatable bonds is 7. The predicted molar refractivity (Wildman–Crippen MR) is 117 cm³/mol. The van der Waals surface area contributed by atoms with E-state index in [0.717, 1.165) is 0 Å². The zero-order valence-electron chi connectivity index (χ0n) is 18.5. The summed E-state index contributed by atoms with van der Waals surface area (Å²) < 4.78 is 28.9. The third kappa shape index (κ3) is 5.54. The molecule has 0 fully saturated rings. The van der Waals surface area contributed by atoms with Gasteiger partial charge < -0.3 is 29.4 Å². The van der Waals surface area contributed by atoms with Gasteiger partial charge in [0.05, 0.1) is 25.6 Å². The maximum absolute atomic E-state index is 12.9. The van der Waals surface area contributed by atoms with Gasteiger partial charge in [0.25, 0.3) is 4.88 Å². The van der Waals surface area contributed by atoms with Gasteiger partial charge in [-0.25, -0.2) is 9.59 Å². The molecule has 1 aromatic heterocycles. The summed E-state index contributed by atoms with van der Waals surface area (Å²) in [6.07, 6.45) is -0.526. The molecule has 0 saturated carbocycles. The maximum atomic E-state index is 12.9. The van der Waals surface area contributed by atoms with E-state index in [2.05, 4.69) is 10.6 Å². The summed E-state index contributed by atoms with van der Waals surface area (Å²) in [4.78, 5) is 24.6. The van der Waals surface area contributed by atoms with Crippen molar-refractivity contribution in [2.45, 2.75) is 46.3 Å². The fraction of sp³-hybridized carbons (Fsp3) is 0.524. The van der Waals surface area contributed by atoms with Gasteiger partial charge in [-0.2, -0.15) is 0 Å². The summed E-state index contributed by atoms with van der Waals surface area (Å²) in [7, 11) is 1.10. The van der Waals surface area contributed by atoms with Gasteiger partial charge in [-0.3, -0.25) is 0 Å². The van der Waals surface area contributed by atoms with E-state index in [1.807, 2.05) is 13.8 Å². The predicted octanol–water partition coefficient (Wildman–Crippen LogP) is 4.32. The molecule has 1 heterocycles. The van der Waals surface area contributed by atoms with E-state index in [-0.39, 0.29) is 16.8 Å². The number of amides is 1. The van der Waals surface area contributed by atoms with Gasteiger partial charge in [0.15, 0.2) is 4.70 Å². The summed E-state index contributed by atoms with van der Waals surface area (Å²) in [5, 5.41) is 6.65. The van der Waals surface area contributed by atoms with Gasteiger partial charge in [0.2, 0.25) is 0 Å². The van der Waals surface area contributed by atoms with Crippen molar-refractivity contribution in [1.82, 2.24) is 5.32 Å². The summed E-state index contributed by atoms with van der Waals surface area (Å²) in [6, 6.07) is 4.78. The Morgan fingerprint density at radius 2 is 1.87 bits per heavy atom. The number of fused-ring (bicyclic) bond motifs is 1. The highest BCUT2D eigenvalue weighted by molar-refractivity contribution is 7.33. The molecule has 0 saturated heterocycles. The lowest BCUT2D eigenvalue weighted by Gasteiger charge is -2.26. The molecular formula is C21H30N2O6S. The Hall–Kier alpha value is -2.52. The number of esters is 1. The second kappa shape index (κ2) is 9.53. The van der Waals surface area contributed by atoms with Crippen molar-refractivity contribution < 1.29 is 28.4 Å². The first kappa shape index (κ1) is 23.8. The van der Waals surface area contributed by atoms with Crippen molar-refractivity contribution in [1.29, 1.82) is 0 Å². The number of nitrogens with one attached hydrogen (secondary N) is 2. The number of alkyl carbamates (subject to hydrolysis) is 1. The number of anilines is 1. The monoisotopic (exact) mass is 438 g/mol. The van der Waals surface area contributed by atoms with Gasteiger partial charge in [-0.1, -0.05) is 13.8 Å². The second-order valence-corrected chi connectivity index (χ2v) is 9.59. The van der Waals surface area contributed by atoms with E-state index in [4.69, 9.17) is 14.2 Å². The van der Waals surface area contributed by atoms with Gasteiger partial charge in [-0.15, -0.1) is 0 Å². The van der Waals surface area contributed by atoms with Crippen LogP contribution in [0.25, 0.3) is 10.1 Å². The van der Waals surface area contributed by atoms with Crippen LogP contribution >= 0.6 is 10.8 Å². The van der Waals surface area contributed by atoms with Crippen molar-refractivity contribution in [2.24, 2.45) is 5.92 Å². The summed E-state index contributed by atoms with van der Waals surface area (Å²) >= 11 is 0. The van der Waals surface area contributed by atoms with Crippen LogP contribution in [0.4, 0.5) is 10.5 Å². The summed E-state index contributed by atoms with van der Waals surface area (Å²) in [5.74, 6) is -0.0282. The van der Waals surface area contributed by atoms with Gasteiger partial charge in [0.1, 0.15) is 17.0 Å². The summed E-state index contributed by atoms with van der Waals surface area (Å²) in [6.45, 7) is 9.59. The highest BCUT2D eigenvalue weighted by Gasteiger charge is 2.31. The molecule has 2 unspecified atom stereocenters. The van der Waals surface area contributed by atoms with Gasteiger partial charge >= 0.3 is 12.1 Å². The Labute approximate surface area is 179 Å². The van der Waals surface area contributed by atoms with Gasteiger partial charge in [0, 0.05) is 12.6 Å². The van der Waals surface area contributed by atoms with E-state index in [9.17, 15) is 14.1 Å². The average molecular weight is 439 g/mol. The molecule has 1 amide bonds. The number of hydrogen-bond donors (Lipinski definition) is 2. The van der Waals surface area contributed by atoms with Crippen LogP contribution in [0.3, 0.4) is 0 Å². The summed E-state index contributed by atoms with van der Waals surface area (Å²) in [5.41, 5.74) is -0.206. The largest absolute Gasteiger partial charge is 0.590 e. The average Bonchev–Trinajstić information content (AvgIpc) is 2.94. The minimum absolute atomic E-state index is 0.0422. The fourth-order valence-corrected chi connectivity index (χ4v) is 4.26. The smallest absolute Gasteiger partial charge is 0.407 e. The molecular weight excluding hydrogens is 408 g/mol. The van der Waals surface area contributed by atoms with E-state index in [1.54, 1.807) is 39.0 Å². The topological polar surface area (TPSA) is 109 Å². The number of methoxy groups -OCH3 is 2. The fourth-order valence-electron chi connectivity index (χ4n) is 2.89. The van der Waals surface area contributed by atoms with Crippen LogP contribution in [-0.4, -0.2) is 49.0 Å². The molecule has 166 valence electrons. The quantitative estimate of drug-likeness (QED) is 0.489. The minimum Gasteiger partial charge on any atom is -0.590 e. The molecule has 1 aromatic carbocycles. The standard InChI is InChI=1S/C21H30N2O6S/c1-12(2)15(23-20(25)29-21(3,4)5)11-22-17-14-10-13(27-6)8-9-16(14)30(26)18(17)19(24)28-7/h8-10,12,15,22H,11H2,1-7H3,(H,23,25).